The molecule has 0 spiro atoms. The molecule has 1 aliphatic heterocycles. The first-order chi connectivity index (χ1) is 10.4. The Morgan fingerprint density at radius 1 is 1.36 bits per heavy atom. The predicted molar refractivity (Wildman–Crippen MR) is 82.7 cm³/mol. The molecule has 0 saturated carbocycles. The Bertz CT molecular complexity index is 757. The van der Waals surface area contributed by atoms with E-state index in [2.05, 4.69) is 0 Å². The minimum Gasteiger partial charge on any atom is -0.481 e. The zero-order valence-corrected chi connectivity index (χ0v) is 13.0. The highest BCUT2D eigenvalue weighted by atomic mass is 32.1. The molecule has 0 aliphatic carbocycles. The van der Waals surface area contributed by atoms with Crippen molar-refractivity contribution in [2.75, 3.05) is 13.1 Å². The SMILES string of the molecule is CC1(C(=O)O)CCCN(C(=O)c2cc3cc(F)ccc3s2)C1. The lowest BCUT2D eigenvalue weighted by Gasteiger charge is -2.37. The molecular formula is C16H16FNO3S. The Kier molecular flexibility index (Phi) is 3.64. The maximum atomic E-state index is 13.2. The van der Waals surface area contributed by atoms with Crippen molar-refractivity contribution >= 4 is 33.3 Å². The van der Waals surface area contributed by atoms with Crippen LogP contribution in [0.15, 0.2) is 24.3 Å². The van der Waals surface area contributed by atoms with Crippen molar-refractivity contribution in [3.05, 3.63) is 35.0 Å². The number of piperidine rings is 1. The van der Waals surface area contributed by atoms with Gasteiger partial charge in [-0.15, -0.1) is 11.3 Å². The molecular weight excluding hydrogens is 305 g/mol. The predicted octanol–water partition coefficient (Wildman–Crippen LogP) is 3.37. The standard InChI is InChI=1S/C16H16FNO3S/c1-16(15(20)21)5-2-6-18(9-16)14(19)13-8-10-7-11(17)3-4-12(10)22-13/h3-4,7-8H,2,5-6,9H2,1H3,(H,20,21). The first-order valence-electron chi connectivity index (χ1n) is 7.11. The van der Waals surface area contributed by atoms with E-state index >= 15 is 0 Å². The summed E-state index contributed by atoms with van der Waals surface area (Å²) in [5.74, 6) is -1.38. The molecule has 6 heteroatoms. The quantitative estimate of drug-likeness (QED) is 0.922. The van der Waals surface area contributed by atoms with Crippen LogP contribution in [0.5, 0.6) is 0 Å². The lowest BCUT2D eigenvalue weighted by Crippen LogP contribution is -2.48. The fourth-order valence-corrected chi connectivity index (χ4v) is 3.87. The summed E-state index contributed by atoms with van der Waals surface area (Å²) >= 11 is 1.31. The molecule has 1 N–H and O–H groups in total. The van der Waals surface area contributed by atoms with Crippen molar-refractivity contribution in [2.24, 2.45) is 5.41 Å². The molecule has 1 aromatic carbocycles. The second kappa shape index (κ2) is 5.35. The van der Waals surface area contributed by atoms with Crippen molar-refractivity contribution < 1.29 is 19.1 Å². The normalized spacial score (nSPS) is 22.0. The van der Waals surface area contributed by atoms with Gasteiger partial charge in [0.25, 0.3) is 5.91 Å². The number of aliphatic carboxylic acids is 1. The number of carboxylic acids is 1. The lowest BCUT2D eigenvalue weighted by atomic mass is 9.82. The Hall–Kier alpha value is -1.95. The summed E-state index contributed by atoms with van der Waals surface area (Å²) in [5, 5.41) is 10.0. The van der Waals surface area contributed by atoms with Gasteiger partial charge in [0.05, 0.1) is 10.3 Å². The van der Waals surface area contributed by atoms with Gasteiger partial charge in [-0.3, -0.25) is 9.59 Å². The molecule has 116 valence electrons. The number of rotatable bonds is 2. The molecule has 2 heterocycles. The van der Waals surface area contributed by atoms with E-state index in [0.717, 1.165) is 4.70 Å². The van der Waals surface area contributed by atoms with Gasteiger partial charge in [0, 0.05) is 17.8 Å². The molecule has 1 amide bonds. The van der Waals surface area contributed by atoms with Crippen LogP contribution in [0.2, 0.25) is 0 Å². The number of nitrogens with zero attached hydrogens (tertiary/aromatic N) is 1. The molecule has 1 unspecified atom stereocenters. The van der Waals surface area contributed by atoms with E-state index in [0.29, 0.717) is 29.6 Å². The number of hydrogen-bond donors (Lipinski definition) is 1. The Morgan fingerprint density at radius 2 is 2.14 bits per heavy atom. The summed E-state index contributed by atoms with van der Waals surface area (Å²) in [5.41, 5.74) is -0.892. The number of halogens is 1. The van der Waals surface area contributed by atoms with Crippen molar-refractivity contribution in [2.45, 2.75) is 19.8 Å². The van der Waals surface area contributed by atoms with Crippen molar-refractivity contribution in [1.29, 1.82) is 0 Å². The van der Waals surface area contributed by atoms with Crippen LogP contribution in [0.3, 0.4) is 0 Å². The molecule has 1 aliphatic rings. The zero-order chi connectivity index (χ0) is 15.9. The molecule has 0 radical (unpaired) electrons. The number of likely N-dealkylation sites (tertiary alicyclic amines) is 1. The molecule has 0 bridgehead atoms. The van der Waals surface area contributed by atoms with Crippen LogP contribution in [0.1, 0.15) is 29.4 Å². The van der Waals surface area contributed by atoms with E-state index in [-0.39, 0.29) is 18.3 Å². The fourth-order valence-electron chi connectivity index (χ4n) is 2.86. The third-order valence-electron chi connectivity index (χ3n) is 4.19. The van der Waals surface area contributed by atoms with Crippen LogP contribution in [0.25, 0.3) is 10.1 Å². The largest absolute Gasteiger partial charge is 0.481 e. The summed E-state index contributed by atoms with van der Waals surface area (Å²) in [7, 11) is 0. The maximum Gasteiger partial charge on any atom is 0.311 e. The Morgan fingerprint density at radius 3 is 2.86 bits per heavy atom. The van der Waals surface area contributed by atoms with Crippen molar-refractivity contribution in [1.82, 2.24) is 4.90 Å². The van der Waals surface area contributed by atoms with Crippen LogP contribution in [-0.2, 0) is 4.79 Å². The molecule has 2 aromatic rings. The van der Waals surface area contributed by atoms with Gasteiger partial charge in [0.1, 0.15) is 5.82 Å². The highest BCUT2D eigenvalue weighted by molar-refractivity contribution is 7.20. The first kappa shape index (κ1) is 15.0. The molecule has 1 atom stereocenters. The number of carbonyl (C=O) groups excluding carboxylic acids is 1. The highest BCUT2D eigenvalue weighted by Gasteiger charge is 2.39. The number of hydrogen-bond acceptors (Lipinski definition) is 3. The minimum absolute atomic E-state index is 0.172. The number of amides is 1. The summed E-state index contributed by atoms with van der Waals surface area (Å²) in [4.78, 5) is 26.1. The van der Waals surface area contributed by atoms with E-state index in [1.54, 1.807) is 24.0 Å². The summed E-state index contributed by atoms with van der Waals surface area (Å²) < 4.78 is 14.1. The van der Waals surface area contributed by atoms with Crippen LogP contribution in [0.4, 0.5) is 4.39 Å². The number of carboxylic acid groups (broad SMARTS) is 1. The first-order valence-corrected chi connectivity index (χ1v) is 7.92. The third-order valence-corrected chi connectivity index (χ3v) is 5.29. The molecule has 1 fully saturated rings. The van der Waals surface area contributed by atoms with Gasteiger partial charge in [-0.05, 0) is 49.4 Å². The van der Waals surface area contributed by atoms with Gasteiger partial charge in [-0.2, -0.15) is 0 Å². The summed E-state index contributed by atoms with van der Waals surface area (Å²) in [6.45, 7) is 2.45. The maximum absolute atomic E-state index is 13.2. The molecule has 22 heavy (non-hydrogen) atoms. The van der Waals surface area contributed by atoms with Gasteiger partial charge in [-0.25, -0.2) is 4.39 Å². The van der Waals surface area contributed by atoms with Crippen LogP contribution in [0, 0.1) is 11.2 Å². The van der Waals surface area contributed by atoms with E-state index < -0.39 is 11.4 Å². The zero-order valence-electron chi connectivity index (χ0n) is 12.1. The third kappa shape index (κ3) is 2.59. The molecule has 3 rings (SSSR count). The summed E-state index contributed by atoms with van der Waals surface area (Å²) in [6.07, 6.45) is 1.25. The molecule has 1 saturated heterocycles. The highest BCUT2D eigenvalue weighted by Crippen LogP contribution is 2.32. The van der Waals surface area contributed by atoms with Crippen LogP contribution >= 0.6 is 11.3 Å². The smallest absolute Gasteiger partial charge is 0.311 e. The minimum atomic E-state index is -0.892. The van der Waals surface area contributed by atoms with E-state index in [4.69, 9.17) is 0 Å². The Balaban J connectivity index is 1.87. The topological polar surface area (TPSA) is 57.6 Å². The van der Waals surface area contributed by atoms with Crippen LogP contribution in [-0.4, -0.2) is 35.0 Å². The fraction of sp³-hybridized carbons (Fsp3) is 0.375. The second-order valence-electron chi connectivity index (χ2n) is 5.99. The van der Waals surface area contributed by atoms with Gasteiger partial charge in [0.15, 0.2) is 0 Å². The monoisotopic (exact) mass is 321 g/mol. The average molecular weight is 321 g/mol. The second-order valence-corrected chi connectivity index (χ2v) is 7.07. The van der Waals surface area contributed by atoms with Crippen LogP contribution < -0.4 is 0 Å². The number of fused-ring (bicyclic) bond motifs is 1. The van der Waals surface area contributed by atoms with Crippen molar-refractivity contribution in [3.8, 4) is 0 Å². The van der Waals surface area contributed by atoms with Gasteiger partial charge < -0.3 is 10.0 Å². The van der Waals surface area contributed by atoms with E-state index in [1.165, 1.54) is 23.5 Å². The number of benzene rings is 1. The Labute approximate surface area is 131 Å². The van der Waals surface area contributed by atoms with Gasteiger partial charge in [0.2, 0.25) is 0 Å². The molecule has 1 aromatic heterocycles. The number of carbonyl (C=O) groups is 2. The summed E-state index contributed by atoms with van der Waals surface area (Å²) in [6, 6.07) is 6.11. The van der Waals surface area contributed by atoms with E-state index in [1.807, 2.05) is 0 Å². The van der Waals surface area contributed by atoms with Crippen molar-refractivity contribution in [3.63, 3.8) is 0 Å². The van der Waals surface area contributed by atoms with Gasteiger partial charge >= 0.3 is 5.97 Å². The lowest BCUT2D eigenvalue weighted by molar-refractivity contribution is -0.150. The average Bonchev–Trinajstić information content (AvgIpc) is 2.89. The number of thiophene rings is 1. The molecule has 4 nitrogen and oxygen atoms in total. The van der Waals surface area contributed by atoms with Gasteiger partial charge in [-0.1, -0.05) is 0 Å². The van der Waals surface area contributed by atoms with E-state index in [9.17, 15) is 19.1 Å².